The first-order chi connectivity index (χ1) is 9.86. The second-order valence-electron chi connectivity index (χ2n) is 4.15. The van der Waals surface area contributed by atoms with Crippen LogP contribution < -0.4 is 11.1 Å². The summed E-state index contributed by atoms with van der Waals surface area (Å²) in [4.78, 5) is 22.3. The molecule has 0 aromatic heterocycles. The van der Waals surface area contributed by atoms with Gasteiger partial charge in [-0.25, -0.2) is 0 Å². The van der Waals surface area contributed by atoms with Crippen molar-refractivity contribution in [1.82, 2.24) is 0 Å². The minimum absolute atomic E-state index is 0.00435. The number of hydrogen-bond donors (Lipinski definition) is 2. The number of benzene rings is 2. The summed E-state index contributed by atoms with van der Waals surface area (Å²) >= 11 is 8.95. The summed E-state index contributed by atoms with van der Waals surface area (Å²) in [5.74, 6) is -0.431. The summed E-state index contributed by atoms with van der Waals surface area (Å²) in [6.07, 6.45) is 0. The van der Waals surface area contributed by atoms with Crippen molar-refractivity contribution in [2.45, 2.75) is 0 Å². The number of nitrogens with zero attached hydrogens (tertiary/aromatic N) is 1. The van der Waals surface area contributed by atoms with Gasteiger partial charge in [0, 0.05) is 27.5 Å². The summed E-state index contributed by atoms with van der Waals surface area (Å²) in [7, 11) is 0. The highest BCUT2D eigenvalue weighted by Crippen LogP contribution is 2.27. The molecule has 0 bridgehead atoms. The van der Waals surface area contributed by atoms with Crippen molar-refractivity contribution in [2.75, 3.05) is 11.1 Å². The molecular formula is C13H9BrClN3O3. The van der Waals surface area contributed by atoms with Gasteiger partial charge in [-0.1, -0.05) is 27.5 Å². The molecule has 0 aliphatic heterocycles. The van der Waals surface area contributed by atoms with Crippen LogP contribution in [0.25, 0.3) is 0 Å². The molecule has 2 aromatic carbocycles. The van der Waals surface area contributed by atoms with Crippen LogP contribution in [0.5, 0.6) is 0 Å². The van der Waals surface area contributed by atoms with Gasteiger partial charge in [0.25, 0.3) is 11.6 Å². The van der Waals surface area contributed by atoms with E-state index in [1.165, 1.54) is 24.3 Å². The Bertz CT molecular complexity index is 716. The van der Waals surface area contributed by atoms with E-state index < -0.39 is 10.8 Å². The molecule has 108 valence electrons. The number of hydrogen-bond acceptors (Lipinski definition) is 4. The van der Waals surface area contributed by atoms with Crippen molar-refractivity contribution >= 4 is 50.5 Å². The number of nitrogen functional groups attached to an aromatic ring is 1. The van der Waals surface area contributed by atoms with Crippen molar-refractivity contribution in [1.29, 1.82) is 0 Å². The number of halogens is 2. The number of carbonyl (C=O) groups is 1. The number of nitrogens with one attached hydrogen (secondary N) is 1. The Morgan fingerprint density at radius 2 is 2.00 bits per heavy atom. The average molecular weight is 371 g/mol. The lowest BCUT2D eigenvalue weighted by Crippen LogP contribution is -2.12. The maximum absolute atomic E-state index is 12.1. The molecule has 0 aliphatic carbocycles. The smallest absolute Gasteiger partial charge is 0.289 e. The number of anilines is 2. The Labute approximate surface area is 133 Å². The summed E-state index contributed by atoms with van der Waals surface area (Å²) < 4.78 is 0.662. The van der Waals surface area contributed by atoms with E-state index in [-0.39, 0.29) is 16.4 Å². The van der Waals surface area contributed by atoms with Crippen LogP contribution >= 0.6 is 27.5 Å². The SMILES string of the molecule is Nc1cc(Br)cc(C(=O)Nc2ccc(Cl)c([N+](=O)[O-])c2)c1. The molecule has 8 heteroatoms. The fourth-order valence-electron chi connectivity index (χ4n) is 1.68. The van der Waals surface area contributed by atoms with Gasteiger partial charge in [0.05, 0.1) is 4.92 Å². The van der Waals surface area contributed by atoms with E-state index in [1.807, 2.05) is 0 Å². The minimum Gasteiger partial charge on any atom is -0.399 e. The summed E-state index contributed by atoms with van der Waals surface area (Å²) in [5.41, 5.74) is 6.42. The summed E-state index contributed by atoms with van der Waals surface area (Å²) in [6, 6.07) is 8.78. The number of amides is 1. The Kier molecular flexibility index (Phi) is 4.44. The highest BCUT2D eigenvalue weighted by atomic mass is 79.9. The molecule has 0 spiro atoms. The predicted octanol–water partition coefficient (Wildman–Crippen LogP) is 3.85. The van der Waals surface area contributed by atoms with Crippen molar-refractivity contribution in [3.63, 3.8) is 0 Å². The third kappa shape index (κ3) is 3.71. The number of rotatable bonds is 3. The van der Waals surface area contributed by atoms with Crippen molar-refractivity contribution in [3.8, 4) is 0 Å². The number of nitrogens with two attached hydrogens (primary N) is 1. The standard InChI is InChI=1S/C13H9BrClN3O3/c14-8-3-7(4-9(16)5-8)13(19)17-10-1-2-11(15)12(6-10)18(20)21/h1-6H,16H2,(H,17,19). The lowest BCUT2D eigenvalue weighted by atomic mass is 10.2. The van der Waals surface area contributed by atoms with Crippen LogP contribution in [-0.4, -0.2) is 10.8 Å². The van der Waals surface area contributed by atoms with E-state index in [2.05, 4.69) is 21.2 Å². The molecule has 3 N–H and O–H groups in total. The lowest BCUT2D eigenvalue weighted by molar-refractivity contribution is -0.384. The van der Waals surface area contributed by atoms with Crippen LogP contribution in [0.2, 0.25) is 5.02 Å². The Morgan fingerprint density at radius 3 is 2.62 bits per heavy atom. The van der Waals surface area contributed by atoms with E-state index in [0.717, 1.165) is 0 Å². The molecule has 6 nitrogen and oxygen atoms in total. The maximum atomic E-state index is 12.1. The molecule has 2 rings (SSSR count). The summed E-state index contributed by atoms with van der Waals surface area (Å²) in [5, 5.41) is 13.4. The molecule has 1 amide bonds. The third-order valence-corrected chi connectivity index (χ3v) is 3.36. The first-order valence-electron chi connectivity index (χ1n) is 5.68. The van der Waals surface area contributed by atoms with Gasteiger partial charge >= 0.3 is 0 Å². The predicted molar refractivity (Wildman–Crippen MR) is 84.6 cm³/mol. The fourth-order valence-corrected chi connectivity index (χ4v) is 2.37. The van der Waals surface area contributed by atoms with Crippen molar-refractivity contribution in [3.05, 3.63) is 61.6 Å². The van der Waals surface area contributed by atoms with Crippen molar-refractivity contribution in [2.24, 2.45) is 0 Å². The molecule has 21 heavy (non-hydrogen) atoms. The molecule has 0 unspecified atom stereocenters. The van der Waals surface area contributed by atoms with Gasteiger partial charge in [-0.2, -0.15) is 0 Å². The molecule has 0 saturated carbocycles. The zero-order valence-corrected chi connectivity index (χ0v) is 12.8. The second kappa shape index (κ2) is 6.11. The van der Waals surface area contributed by atoms with Gasteiger partial charge < -0.3 is 11.1 Å². The van der Waals surface area contributed by atoms with Gasteiger partial charge in [-0.05, 0) is 30.3 Å². The van der Waals surface area contributed by atoms with Gasteiger partial charge in [-0.15, -0.1) is 0 Å². The molecule has 0 radical (unpaired) electrons. The van der Waals surface area contributed by atoms with Crippen LogP contribution in [0.4, 0.5) is 17.1 Å². The van der Waals surface area contributed by atoms with E-state index in [0.29, 0.717) is 15.7 Å². The quantitative estimate of drug-likeness (QED) is 0.487. The molecule has 0 aliphatic rings. The van der Waals surface area contributed by atoms with E-state index >= 15 is 0 Å². The molecule has 0 fully saturated rings. The molecule has 0 heterocycles. The fraction of sp³-hybridized carbons (Fsp3) is 0. The lowest BCUT2D eigenvalue weighted by Gasteiger charge is -2.07. The van der Waals surface area contributed by atoms with Crippen molar-refractivity contribution < 1.29 is 9.72 Å². The third-order valence-electron chi connectivity index (χ3n) is 2.58. The van der Waals surface area contributed by atoms with Crippen LogP contribution in [0.15, 0.2) is 40.9 Å². The minimum atomic E-state index is -0.616. The zero-order chi connectivity index (χ0) is 15.6. The second-order valence-corrected chi connectivity index (χ2v) is 5.47. The first-order valence-corrected chi connectivity index (χ1v) is 6.85. The zero-order valence-electron chi connectivity index (χ0n) is 10.5. The number of nitro groups is 1. The largest absolute Gasteiger partial charge is 0.399 e. The highest BCUT2D eigenvalue weighted by molar-refractivity contribution is 9.10. The molecule has 0 saturated heterocycles. The topological polar surface area (TPSA) is 98.3 Å². The van der Waals surface area contributed by atoms with E-state index in [9.17, 15) is 14.9 Å². The van der Waals surface area contributed by atoms with Crippen LogP contribution in [0.3, 0.4) is 0 Å². The molecular weight excluding hydrogens is 362 g/mol. The molecule has 2 aromatic rings. The van der Waals surface area contributed by atoms with E-state index in [1.54, 1.807) is 12.1 Å². The van der Waals surface area contributed by atoms with Crippen LogP contribution in [-0.2, 0) is 0 Å². The highest BCUT2D eigenvalue weighted by Gasteiger charge is 2.14. The molecule has 0 atom stereocenters. The van der Waals surface area contributed by atoms with Crippen LogP contribution in [0, 0.1) is 10.1 Å². The Morgan fingerprint density at radius 1 is 1.29 bits per heavy atom. The van der Waals surface area contributed by atoms with E-state index in [4.69, 9.17) is 17.3 Å². The van der Waals surface area contributed by atoms with Crippen LogP contribution in [0.1, 0.15) is 10.4 Å². The maximum Gasteiger partial charge on any atom is 0.289 e. The number of carbonyl (C=O) groups excluding carboxylic acids is 1. The summed E-state index contributed by atoms with van der Waals surface area (Å²) in [6.45, 7) is 0. The van der Waals surface area contributed by atoms with Gasteiger partial charge in [0.2, 0.25) is 0 Å². The number of nitro benzene ring substituents is 1. The first kappa shape index (κ1) is 15.3. The average Bonchev–Trinajstić information content (AvgIpc) is 2.39. The Balaban J connectivity index is 2.27. The monoisotopic (exact) mass is 369 g/mol. The van der Waals surface area contributed by atoms with Gasteiger partial charge in [0.15, 0.2) is 0 Å². The van der Waals surface area contributed by atoms with Gasteiger partial charge in [-0.3, -0.25) is 14.9 Å². The Hall–Kier alpha value is -2.12. The van der Waals surface area contributed by atoms with Gasteiger partial charge in [0.1, 0.15) is 5.02 Å². The normalized spacial score (nSPS) is 10.2.